The molecule has 0 bridgehead atoms. The van der Waals surface area contributed by atoms with Crippen LogP contribution in [0.3, 0.4) is 0 Å². The first kappa shape index (κ1) is 12.2. The quantitative estimate of drug-likeness (QED) is 0.589. The van der Waals surface area contributed by atoms with Gasteiger partial charge in [0, 0.05) is 0 Å². The molecule has 0 amide bonds. The van der Waals surface area contributed by atoms with Crippen LogP contribution in [-0.2, 0) is 15.9 Å². The van der Waals surface area contributed by atoms with E-state index in [-0.39, 0.29) is 14.7 Å². The fraction of sp³-hybridized carbons (Fsp3) is 0.333. The van der Waals surface area contributed by atoms with Crippen LogP contribution in [0.1, 0.15) is 18.3 Å². The van der Waals surface area contributed by atoms with E-state index in [4.69, 9.17) is 4.74 Å². The molecule has 2 aromatic rings. The maximum atomic E-state index is 12.7. The standard InChI is InChI=1S/C12H12N2O2SSe/c1-12(2)11-10(13-14-18-11)8-5-4-7(16-3)6-9(8)17(12)15/h4-6H,1-3H3. The summed E-state index contributed by atoms with van der Waals surface area (Å²) in [6.07, 6.45) is 0. The Kier molecular flexibility index (Phi) is 2.79. The zero-order valence-corrected chi connectivity index (χ0v) is 12.8. The van der Waals surface area contributed by atoms with Crippen molar-refractivity contribution in [1.82, 2.24) is 9.19 Å². The van der Waals surface area contributed by atoms with E-state index >= 15 is 0 Å². The number of nitrogens with zero attached hydrogens (tertiary/aromatic N) is 2. The number of ether oxygens (including phenoxy) is 1. The molecule has 1 aliphatic rings. The molecule has 18 heavy (non-hydrogen) atoms. The number of methoxy groups -OCH3 is 1. The minimum absolute atomic E-state index is 0.0217. The second kappa shape index (κ2) is 4.10. The van der Waals surface area contributed by atoms with Crippen LogP contribution in [0.2, 0.25) is 0 Å². The topological polar surface area (TPSA) is 58.1 Å². The van der Waals surface area contributed by atoms with Gasteiger partial charge >= 0.3 is 115 Å². The third kappa shape index (κ3) is 1.57. The Morgan fingerprint density at radius 1 is 1.39 bits per heavy atom. The predicted octanol–water partition coefficient (Wildman–Crippen LogP) is 1.57. The molecule has 1 unspecified atom stereocenters. The second-order valence-corrected chi connectivity index (χ2v) is 8.17. The zero-order valence-electron chi connectivity index (χ0n) is 10.3. The van der Waals surface area contributed by atoms with Gasteiger partial charge in [-0.25, -0.2) is 0 Å². The van der Waals surface area contributed by atoms with Crippen molar-refractivity contribution in [2.45, 2.75) is 23.5 Å². The summed E-state index contributed by atoms with van der Waals surface area (Å²) >= 11 is -1.11. The van der Waals surface area contributed by atoms with Crippen molar-refractivity contribution >= 4 is 25.9 Å². The van der Waals surface area contributed by atoms with Gasteiger partial charge in [-0.1, -0.05) is 0 Å². The summed E-state index contributed by atoms with van der Waals surface area (Å²) in [4.78, 5) is 0.801. The van der Waals surface area contributed by atoms with Crippen molar-refractivity contribution in [3.63, 3.8) is 0 Å². The molecule has 0 saturated carbocycles. The first-order valence-electron chi connectivity index (χ1n) is 5.49. The average molecular weight is 327 g/mol. The summed E-state index contributed by atoms with van der Waals surface area (Å²) in [6, 6.07) is 5.65. The Hall–Kier alpha value is -0.811. The van der Waals surface area contributed by atoms with E-state index in [1.165, 1.54) is 0 Å². The van der Waals surface area contributed by atoms with Crippen LogP contribution >= 0.6 is 0 Å². The number of hydrogen-bond acceptors (Lipinski definition) is 4. The number of fused-ring (bicyclic) bond motifs is 3. The molecule has 1 aliphatic heterocycles. The van der Waals surface area contributed by atoms with Crippen LogP contribution in [0, 0.1) is 0 Å². The molecule has 0 spiro atoms. The van der Waals surface area contributed by atoms with E-state index in [1.807, 2.05) is 32.0 Å². The maximum absolute atomic E-state index is 12.7. The molecule has 1 aromatic carbocycles. The fourth-order valence-electron chi connectivity index (χ4n) is 2.10. The molecular formula is C12H12N2O2SSe. The molecule has 1 aromatic heterocycles. The number of rotatable bonds is 1. The Morgan fingerprint density at radius 2 is 2.17 bits per heavy atom. The van der Waals surface area contributed by atoms with Gasteiger partial charge in [0.15, 0.2) is 0 Å². The zero-order chi connectivity index (χ0) is 12.9. The third-order valence-corrected chi connectivity index (χ3v) is 7.50. The molecule has 0 aliphatic carbocycles. The SMILES string of the molecule is COc1ccc2c(c1)[S+]([O-])C(C)(C)c1[se]nnc1-2. The van der Waals surface area contributed by atoms with Gasteiger partial charge in [-0.15, -0.1) is 0 Å². The van der Waals surface area contributed by atoms with Crippen LogP contribution < -0.4 is 4.74 Å². The molecule has 94 valence electrons. The summed E-state index contributed by atoms with van der Waals surface area (Å²) in [5.74, 6) is 0.724. The van der Waals surface area contributed by atoms with E-state index in [0.29, 0.717) is 0 Å². The van der Waals surface area contributed by atoms with E-state index in [2.05, 4.69) is 9.19 Å². The summed E-state index contributed by atoms with van der Waals surface area (Å²) in [7, 11) is 1.61. The third-order valence-electron chi connectivity index (χ3n) is 3.14. The molecule has 0 radical (unpaired) electrons. The van der Waals surface area contributed by atoms with Crippen LogP contribution in [0.25, 0.3) is 11.3 Å². The van der Waals surface area contributed by atoms with E-state index in [1.54, 1.807) is 7.11 Å². The van der Waals surface area contributed by atoms with Crippen molar-refractivity contribution in [3.05, 3.63) is 22.6 Å². The number of aromatic nitrogens is 2. The average Bonchev–Trinajstić information content (AvgIpc) is 2.86. The molecule has 2 heterocycles. The molecule has 6 heteroatoms. The van der Waals surface area contributed by atoms with Gasteiger partial charge in [0.2, 0.25) is 0 Å². The van der Waals surface area contributed by atoms with E-state index in [9.17, 15) is 4.55 Å². The Balaban J connectivity index is 2.29. The van der Waals surface area contributed by atoms with Gasteiger partial charge in [0.1, 0.15) is 0 Å². The van der Waals surface area contributed by atoms with Gasteiger partial charge in [-0.2, -0.15) is 0 Å². The summed E-state index contributed by atoms with van der Waals surface area (Å²) < 4.78 is 22.8. The summed E-state index contributed by atoms with van der Waals surface area (Å²) in [5, 5.41) is 4.24. The molecular weight excluding hydrogens is 315 g/mol. The summed E-state index contributed by atoms with van der Waals surface area (Å²) in [6.45, 7) is 4.00. The molecule has 0 N–H and O–H groups in total. The van der Waals surface area contributed by atoms with Crippen molar-refractivity contribution in [2.75, 3.05) is 7.11 Å². The Labute approximate surface area is 115 Å². The van der Waals surface area contributed by atoms with Gasteiger partial charge in [0.05, 0.1) is 0 Å². The van der Waals surface area contributed by atoms with Crippen molar-refractivity contribution in [1.29, 1.82) is 0 Å². The summed E-state index contributed by atoms with van der Waals surface area (Å²) in [5.41, 5.74) is 1.85. The second-order valence-electron chi connectivity index (χ2n) is 4.59. The van der Waals surface area contributed by atoms with E-state index in [0.717, 1.165) is 26.3 Å². The predicted molar refractivity (Wildman–Crippen MR) is 70.4 cm³/mol. The monoisotopic (exact) mass is 328 g/mol. The van der Waals surface area contributed by atoms with Crippen molar-refractivity contribution < 1.29 is 9.29 Å². The first-order valence-corrected chi connectivity index (χ1v) is 8.26. The molecule has 1 atom stereocenters. The Bertz CT molecular complexity index is 612. The van der Waals surface area contributed by atoms with Crippen LogP contribution in [0.4, 0.5) is 0 Å². The molecule has 0 saturated heterocycles. The van der Waals surface area contributed by atoms with Crippen molar-refractivity contribution in [3.8, 4) is 17.0 Å². The Morgan fingerprint density at radius 3 is 2.89 bits per heavy atom. The molecule has 0 fully saturated rings. The molecule has 3 rings (SSSR count). The first-order chi connectivity index (χ1) is 8.55. The van der Waals surface area contributed by atoms with Gasteiger partial charge in [0.25, 0.3) is 0 Å². The number of hydrogen-bond donors (Lipinski definition) is 0. The van der Waals surface area contributed by atoms with Crippen LogP contribution in [0.15, 0.2) is 23.1 Å². The van der Waals surface area contributed by atoms with Gasteiger partial charge in [-0.3, -0.25) is 0 Å². The van der Waals surface area contributed by atoms with Crippen LogP contribution in [-0.4, -0.2) is 35.6 Å². The van der Waals surface area contributed by atoms with Crippen molar-refractivity contribution in [2.24, 2.45) is 0 Å². The number of benzene rings is 1. The molecule has 4 nitrogen and oxygen atoms in total. The van der Waals surface area contributed by atoms with Gasteiger partial charge < -0.3 is 0 Å². The van der Waals surface area contributed by atoms with E-state index < -0.39 is 15.9 Å². The fourth-order valence-corrected chi connectivity index (χ4v) is 5.56. The van der Waals surface area contributed by atoms with Gasteiger partial charge in [-0.05, 0) is 0 Å². The van der Waals surface area contributed by atoms with Crippen LogP contribution in [0.5, 0.6) is 5.75 Å². The normalized spacial score (nSPS) is 20.1. The minimum atomic E-state index is -1.09.